The highest BCUT2D eigenvalue weighted by Crippen LogP contribution is 2.35. The number of nitrogens with zero attached hydrogens (tertiary/aromatic N) is 2. The van der Waals surface area contributed by atoms with Crippen LogP contribution in [0.25, 0.3) is 10.9 Å². The number of methoxy groups -OCH3 is 1. The summed E-state index contributed by atoms with van der Waals surface area (Å²) in [6.45, 7) is 4.03. The van der Waals surface area contributed by atoms with Crippen LogP contribution in [0.5, 0.6) is 5.75 Å². The summed E-state index contributed by atoms with van der Waals surface area (Å²) in [5.41, 5.74) is 6.27. The average molecular weight is 452 g/mol. The minimum absolute atomic E-state index is 0.0450. The normalized spacial score (nSPS) is 15.5. The van der Waals surface area contributed by atoms with E-state index in [0.717, 1.165) is 53.1 Å². The number of aromatic nitrogens is 1. The highest BCUT2D eigenvalue weighted by atomic mass is 16.5. The Labute approximate surface area is 200 Å². The van der Waals surface area contributed by atoms with E-state index in [1.54, 1.807) is 7.11 Å². The van der Waals surface area contributed by atoms with E-state index >= 15 is 0 Å². The summed E-state index contributed by atoms with van der Waals surface area (Å²) in [4.78, 5) is 19.9. The van der Waals surface area contributed by atoms with Crippen molar-refractivity contribution < 1.29 is 9.53 Å². The molecule has 2 heterocycles. The number of hydrogen-bond donors (Lipinski definition) is 1. The quantitative estimate of drug-likeness (QED) is 0.407. The molecule has 0 aliphatic carbocycles. The van der Waals surface area contributed by atoms with Gasteiger partial charge in [0.1, 0.15) is 5.75 Å². The molecule has 1 N–H and O–H groups in total. The second kappa shape index (κ2) is 9.56. The van der Waals surface area contributed by atoms with Gasteiger partial charge in [0.2, 0.25) is 5.91 Å². The second-order valence-electron chi connectivity index (χ2n) is 8.93. The van der Waals surface area contributed by atoms with Gasteiger partial charge in [0, 0.05) is 41.5 Å². The summed E-state index contributed by atoms with van der Waals surface area (Å²) in [5, 5.41) is 4.13. The molecule has 1 aromatic heterocycles. The molecular formula is C29H29N3O2. The van der Waals surface area contributed by atoms with Crippen molar-refractivity contribution in [2.45, 2.75) is 25.7 Å². The fraction of sp³-hybridized carbons (Fsp3) is 0.241. The highest BCUT2D eigenvalue weighted by Gasteiger charge is 2.25. The number of anilines is 2. The number of amides is 1. The largest absolute Gasteiger partial charge is 0.497 e. The number of carbonyl (C=O) groups is 1. The van der Waals surface area contributed by atoms with Crippen LogP contribution in [0.4, 0.5) is 11.4 Å². The van der Waals surface area contributed by atoms with Crippen molar-refractivity contribution in [3.8, 4) is 5.75 Å². The van der Waals surface area contributed by atoms with Gasteiger partial charge in [-0.3, -0.25) is 9.78 Å². The van der Waals surface area contributed by atoms with Crippen LogP contribution in [0.3, 0.4) is 0 Å². The lowest BCUT2D eigenvalue weighted by molar-refractivity contribution is -0.115. The Kier molecular flexibility index (Phi) is 6.17. The van der Waals surface area contributed by atoms with E-state index in [0.29, 0.717) is 12.3 Å². The molecule has 1 unspecified atom stereocenters. The maximum Gasteiger partial charge on any atom is 0.228 e. The smallest absolute Gasteiger partial charge is 0.228 e. The summed E-state index contributed by atoms with van der Waals surface area (Å²) in [5.74, 6) is 1.26. The number of carbonyl (C=O) groups excluding carboxylic acids is 1. The number of pyridine rings is 1. The Morgan fingerprint density at radius 1 is 1.06 bits per heavy atom. The van der Waals surface area contributed by atoms with Crippen molar-refractivity contribution in [3.05, 3.63) is 95.7 Å². The van der Waals surface area contributed by atoms with E-state index in [2.05, 4.69) is 52.7 Å². The van der Waals surface area contributed by atoms with Gasteiger partial charge >= 0.3 is 0 Å². The monoisotopic (exact) mass is 451 g/mol. The van der Waals surface area contributed by atoms with Crippen molar-refractivity contribution in [2.75, 3.05) is 30.4 Å². The van der Waals surface area contributed by atoms with Gasteiger partial charge in [-0.15, -0.1) is 0 Å². The molecule has 1 aliphatic rings. The number of rotatable bonds is 6. The SMILES string of the molecule is COc1ccc(CC(=O)Nc2ccc3nc(C)cc(N4CCC(c5ccccc5)C4)c3c2)cc1. The van der Waals surface area contributed by atoms with Crippen LogP contribution in [-0.2, 0) is 11.2 Å². The number of nitrogens with one attached hydrogen (secondary N) is 1. The van der Waals surface area contributed by atoms with Gasteiger partial charge in [-0.25, -0.2) is 0 Å². The zero-order valence-corrected chi connectivity index (χ0v) is 19.6. The minimum Gasteiger partial charge on any atom is -0.497 e. The van der Waals surface area contributed by atoms with Crippen LogP contribution in [0.2, 0.25) is 0 Å². The van der Waals surface area contributed by atoms with Gasteiger partial charge in [0.05, 0.1) is 19.0 Å². The Morgan fingerprint density at radius 3 is 2.62 bits per heavy atom. The van der Waals surface area contributed by atoms with Crippen LogP contribution in [-0.4, -0.2) is 31.1 Å². The molecule has 172 valence electrons. The standard InChI is InChI=1S/C29H29N3O2/c1-20-16-28(32-15-14-23(19-32)22-6-4-3-5-7-22)26-18-24(10-13-27(26)30-20)31-29(33)17-21-8-11-25(34-2)12-9-21/h3-13,16,18,23H,14-15,17,19H2,1-2H3,(H,31,33). The van der Waals surface area contributed by atoms with Crippen LogP contribution >= 0.6 is 0 Å². The van der Waals surface area contributed by atoms with E-state index < -0.39 is 0 Å². The molecule has 1 atom stereocenters. The molecule has 5 heteroatoms. The average Bonchev–Trinajstić information content (AvgIpc) is 3.35. The van der Waals surface area contributed by atoms with Gasteiger partial charge in [-0.05, 0) is 60.9 Å². The van der Waals surface area contributed by atoms with E-state index in [4.69, 9.17) is 9.72 Å². The van der Waals surface area contributed by atoms with Crippen molar-refractivity contribution >= 4 is 28.2 Å². The molecule has 4 aromatic rings. The molecule has 1 fully saturated rings. The topological polar surface area (TPSA) is 54.5 Å². The molecular weight excluding hydrogens is 422 g/mol. The first-order chi connectivity index (χ1) is 16.6. The fourth-order valence-electron chi connectivity index (χ4n) is 4.79. The number of aryl methyl sites for hydroxylation is 1. The molecule has 1 amide bonds. The van der Waals surface area contributed by atoms with Crippen molar-refractivity contribution in [2.24, 2.45) is 0 Å². The van der Waals surface area contributed by atoms with Gasteiger partial charge in [-0.1, -0.05) is 42.5 Å². The first-order valence-electron chi connectivity index (χ1n) is 11.7. The molecule has 0 saturated carbocycles. The lowest BCUT2D eigenvalue weighted by Crippen LogP contribution is -2.20. The summed E-state index contributed by atoms with van der Waals surface area (Å²) in [7, 11) is 1.63. The molecule has 0 spiro atoms. The van der Waals surface area contributed by atoms with Crippen LogP contribution < -0.4 is 15.0 Å². The summed E-state index contributed by atoms with van der Waals surface area (Å²) >= 11 is 0. The molecule has 5 nitrogen and oxygen atoms in total. The van der Waals surface area contributed by atoms with Gasteiger partial charge < -0.3 is 15.0 Å². The molecule has 3 aromatic carbocycles. The fourth-order valence-corrected chi connectivity index (χ4v) is 4.79. The predicted molar refractivity (Wildman–Crippen MR) is 138 cm³/mol. The Morgan fingerprint density at radius 2 is 1.85 bits per heavy atom. The maximum atomic E-state index is 12.7. The van der Waals surface area contributed by atoms with Gasteiger partial charge in [0.25, 0.3) is 0 Å². The summed E-state index contributed by atoms with van der Waals surface area (Å²) in [6, 6.07) is 26.5. The lowest BCUT2D eigenvalue weighted by atomic mass is 9.99. The third-order valence-corrected chi connectivity index (χ3v) is 6.52. The molecule has 34 heavy (non-hydrogen) atoms. The van der Waals surface area contributed by atoms with Gasteiger partial charge in [0.15, 0.2) is 0 Å². The molecule has 0 bridgehead atoms. The second-order valence-corrected chi connectivity index (χ2v) is 8.93. The minimum atomic E-state index is -0.0450. The Balaban J connectivity index is 1.36. The van der Waals surface area contributed by atoms with E-state index in [-0.39, 0.29) is 5.91 Å². The maximum absolute atomic E-state index is 12.7. The molecule has 1 aliphatic heterocycles. The van der Waals surface area contributed by atoms with Gasteiger partial charge in [-0.2, -0.15) is 0 Å². The number of ether oxygens (including phenoxy) is 1. The van der Waals surface area contributed by atoms with E-state index in [1.807, 2.05) is 43.3 Å². The van der Waals surface area contributed by atoms with Crippen molar-refractivity contribution in [1.82, 2.24) is 4.98 Å². The number of hydrogen-bond acceptors (Lipinski definition) is 4. The zero-order chi connectivity index (χ0) is 23.5. The van der Waals surface area contributed by atoms with E-state index in [9.17, 15) is 4.79 Å². The predicted octanol–water partition coefficient (Wildman–Crippen LogP) is 5.73. The summed E-state index contributed by atoms with van der Waals surface area (Å²) in [6.07, 6.45) is 1.44. The molecule has 5 rings (SSSR count). The lowest BCUT2D eigenvalue weighted by Gasteiger charge is -2.22. The Hall–Kier alpha value is -3.86. The Bertz CT molecular complexity index is 1300. The summed E-state index contributed by atoms with van der Waals surface area (Å²) < 4.78 is 5.19. The highest BCUT2D eigenvalue weighted by molar-refractivity contribution is 5.98. The zero-order valence-electron chi connectivity index (χ0n) is 19.6. The molecule has 0 radical (unpaired) electrons. The third-order valence-electron chi connectivity index (χ3n) is 6.52. The third kappa shape index (κ3) is 4.74. The van der Waals surface area contributed by atoms with Crippen LogP contribution in [0.15, 0.2) is 78.9 Å². The number of fused-ring (bicyclic) bond motifs is 1. The first-order valence-corrected chi connectivity index (χ1v) is 11.7. The number of benzene rings is 3. The van der Waals surface area contributed by atoms with Crippen molar-refractivity contribution in [3.63, 3.8) is 0 Å². The molecule has 1 saturated heterocycles. The van der Waals surface area contributed by atoms with Crippen molar-refractivity contribution in [1.29, 1.82) is 0 Å². The van der Waals surface area contributed by atoms with Crippen LogP contribution in [0, 0.1) is 6.92 Å². The first kappa shape index (κ1) is 22.0. The van der Waals surface area contributed by atoms with Crippen LogP contribution in [0.1, 0.15) is 29.2 Å². The van der Waals surface area contributed by atoms with E-state index in [1.165, 1.54) is 11.3 Å².